The van der Waals surface area contributed by atoms with E-state index in [1.165, 1.54) is 32.1 Å². The van der Waals surface area contributed by atoms with Crippen LogP contribution in [-0.4, -0.2) is 78.7 Å². The topological polar surface area (TPSA) is 65.4 Å². The van der Waals surface area contributed by atoms with Gasteiger partial charge in [-0.25, -0.2) is 0 Å². The number of aliphatic hydroxyl groups excluding tert-OH is 2. The maximum atomic E-state index is 10.4. The fraction of sp³-hybridized carbons (Fsp3) is 0.739. The average Bonchev–Trinajstić information content (AvgIpc) is 2.70. The normalized spacial score (nSPS) is 21.3. The minimum Gasteiger partial charge on any atom is -0.497 e. The van der Waals surface area contributed by atoms with E-state index in [9.17, 15) is 10.2 Å². The van der Waals surface area contributed by atoms with E-state index >= 15 is 0 Å². The highest BCUT2D eigenvalue weighted by molar-refractivity contribution is 5.40. The van der Waals surface area contributed by atoms with Crippen LogP contribution in [0.1, 0.15) is 50.5 Å². The zero-order chi connectivity index (χ0) is 20.5. The van der Waals surface area contributed by atoms with Gasteiger partial charge >= 0.3 is 0 Å². The maximum absolute atomic E-state index is 10.4. The average molecular weight is 407 g/mol. The molecule has 2 aliphatic heterocycles. The molecule has 2 saturated heterocycles. The molecule has 0 spiro atoms. The third-order valence-corrected chi connectivity index (χ3v) is 6.07. The van der Waals surface area contributed by atoms with Crippen molar-refractivity contribution >= 4 is 0 Å². The third-order valence-electron chi connectivity index (χ3n) is 6.07. The van der Waals surface area contributed by atoms with Crippen LogP contribution in [0.4, 0.5) is 0 Å². The van der Waals surface area contributed by atoms with Crippen LogP contribution in [0.25, 0.3) is 0 Å². The first-order valence-corrected chi connectivity index (χ1v) is 11.2. The molecule has 0 bridgehead atoms. The van der Waals surface area contributed by atoms with E-state index in [0.29, 0.717) is 6.54 Å². The Morgan fingerprint density at radius 3 is 2.38 bits per heavy atom. The molecule has 0 amide bonds. The number of rotatable bonds is 8. The second-order valence-electron chi connectivity index (χ2n) is 8.51. The fourth-order valence-electron chi connectivity index (χ4n) is 4.30. The first kappa shape index (κ1) is 22.3. The molecule has 2 aliphatic rings. The highest BCUT2D eigenvalue weighted by Crippen LogP contribution is 2.27. The van der Waals surface area contributed by atoms with Crippen molar-refractivity contribution in [1.82, 2.24) is 9.80 Å². The van der Waals surface area contributed by atoms with Gasteiger partial charge in [0.05, 0.1) is 13.2 Å². The van der Waals surface area contributed by atoms with E-state index in [4.69, 9.17) is 9.47 Å². The number of hydrogen-bond acceptors (Lipinski definition) is 6. The second kappa shape index (κ2) is 11.7. The number of nitrogens with zero attached hydrogens (tertiary/aromatic N) is 2. The van der Waals surface area contributed by atoms with Crippen LogP contribution >= 0.6 is 0 Å². The van der Waals surface area contributed by atoms with E-state index < -0.39 is 6.10 Å². The van der Waals surface area contributed by atoms with Crippen molar-refractivity contribution in [3.63, 3.8) is 0 Å². The second-order valence-corrected chi connectivity index (χ2v) is 8.51. The lowest BCUT2D eigenvalue weighted by atomic mass is 10.1. The van der Waals surface area contributed by atoms with Gasteiger partial charge in [-0.1, -0.05) is 19.3 Å². The Balaban J connectivity index is 1.56. The van der Waals surface area contributed by atoms with Crippen molar-refractivity contribution in [1.29, 1.82) is 0 Å². The zero-order valence-corrected chi connectivity index (χ0v) is 17.9. The van der Waals surface area contributed by atoms with Gasteiger partial charge in [-0.15, -0.1) is 0 Å². The summed E-state index contributed by atoms with van der Waals surface area (Å²) in [7, 11) is 1.69. The van der Waals surface area contributed by atoms with Gasteiger partial charge in [-0.05, 0) is 57.0 Å². The van der Waals surface area contributed by atoms with Crippen LogP contribution < -0.4 is 9.47 Å². The highest BCUT2D eigenvalue weighted by Gasteiger charge is 2.20. The number of methoxy groups -OCH3 is 1. The SMILES string of the molecule is COc1ccc(OCC(O)CN2CCC(O)CC2)c(CN2CCCCCCC2)c1. The van der Waals surface area contributed by atoms with Gasteiger partial charge in [0.25, 0.3) is 0 Å². The van der Waals surface area contributed by atoms with E-state index in [-0.39, 0.29) is 12.7 Å². The Labute approximate surface area is 175 Å². The number of likely N-dealkylation sites (tertiary alicyclic amines) is 2. The van der Waals surface area contributed by atoms with Crippen LogP contribution in [0.3, 0.4) is 0 Å². The standard InChI is InChI=1S/C23H38N2O4/c1-28-22-7-8-23(19(15-22)16-24-11-5-3-2-4-6-12-24)29-18-21(27)17-25-13-9-20(26)10-14-25/h7-8,15,20-21,26-27H,2-6,9-14,16-18H2,1H3. The largest absolute Gasteiger partial charge is 0.497 e. The van der Waals surface area contributed by atoms with E-state index in [1.54, 1.807) is 7.11 Å². The number of benzene rings is 1. The fourth-order valence-corrected chi connectivity index (χ4v) is 4.30. The summed E-state index contributed by atoms with van der Waals surface area (Å²) in [5.74, 6) is 1.67. The number of aliphatic hydroxyl groups is 2. The monoisotopic (exact) mass is 406 g/mol. The summed E-state index contributed by atoms with van der Waals surface area (Å²) in [5, 5.41) is 20.1. The lowest BCUT2D eigenvalue weighted by molar-refractivity contribution is 0.0334. The number of ether oxygens (including phenoxy) is 2. The molecule has 1 atom stereocenters. The first-order valence-electron chi connectivity index (χ1n) is 11.2. The summed E-state index contributed by atoms with van der Waals surface area (Å²) in [6.07, 6.45) is 7.34. The Bertz CT molecular complexity index is 597. The Kier molecular flexibility index (Phi) is 9.05. The van der Waals surface area contributed by atoms with Crippen LogP contribution in [-0.2, 0) is 6.54 Å². The molecule has 2 heterocycles. The van der Waals surface area contributed by atoms with Crippen molar-refractivity contribution in [2.24, 2.45) is 0 Å². The summed E-state index contributed by atoms with van der Waals surface area (Å²) < 4.78 is 11.5. The Hall–Kier alpha value is -1.34. The maximum Gasteiger partial charge on any atom is 0.124 e. The molecule has 0 saturated carbocycles. The number of piperidine rings is 1. The molecule has 6 heteroatoms. The van der Waals surface area contributed by atoms with Gasteiger partial charge in [0.15, 0.2) is 0 Å². The molecule has 0 aliphatic carbocycles. The van der Waals surface area contributed by atoms with Crippen molar-refractivity contribution < 1.29 is 19.7 Å². The van der Waals surface area contributed by atoms with Gasteiger partial charge in [0, 0.05) is 31.7 Å². The van der Waals surface area contributed by atoms with E-state index in [2.05, 4.69) is 15.9 Å². The number of hydrogen-bond donors (Lipinski definition) is 2. The summed E-state index contributed by atoms with van der Waals surface area (Å²) >= 11 is 0. The van der Waals surface area contributed by atoms with Gasteiger partial charge in [0.2, 0.25) is 0 Å². The molecular formula is C23H38N2O4. The van der Waals surface area contributed by atoms with E-state index in [1.807, 2.05) is 12.1 Å². The minimum atomic E-state index is -0.540. The molecule has 2 fully saturated rings. The summed E-state index contributed by atoms with van der Waals surface area (Å²) in [6, 6.07) is 5.94. The lowest BCUT2D eigenvalue weighted by Crippen LogP contribution is -2.41. The van der Waals surface area contributed by atoms with Crippen molar-refractivity contribution in [2.75, 3.05) is 46.4 Å². The predicted molar refractivity (Wildman–Crippen MR) is 115 cm³/mol. The first-order chi connectivity index (χ1) is 14.1. The molecule has 3 rings (SSSR count). The van der Waals surface area contributed by atoms with Crippen LogP contribution in [0, 0.1) is 0 Å². The quantitative estimate of drug-likeness (QED) is 0.692. The van der Waals surface area contributed by atoms with Gasteiger partial charge < -0.3 is 24.6 Å². The van der Waals surface area contributed by atoms with Gasteiger partial charge in [0.1, 0.15) is 24.2 Å². The Morgan fingerprint density at radius 1 is 1.00 bits per heavy atom. The molecule has 1 aromatic rings. The van der Waals surface area contributed by atoms with Crippen molar-refractivity contribution in [3.8, 4) is 11.5 Å². The van der Waals surface area contributed by atoms with Crippen molar-refractivity contribution in [3.05, 3.63) is 23.8 Å². The highest BCUT2D eigenvalue weighted by atomic mass is 16.5. The zero-order valence-electron chi connectivity index (χ0n) is 17.9. The Morgan fingerprint density at radius 2 is 1.69 bits per heavy atom. The molecule has 1 aromatic carbocycles. The van der Waals surface area contributed by atoms with E-state index in [0.717, 1.165) is 62.6 Å². The predicted octanol–water partition coefficient (Wildman–Crippen LogP) is 2.66. The smallest absolute Gasteiger partial charge is 0.124 e. The van der Waals surface area contributed by atoms with Crippen LogP contribution in [0.15, 0.2) is 18.2 Å². The molecule has 29 heavy (non-hydrogen) atoms. The number of β-amino-alcohol motifs (C(OH)–C–C–N with tert-alkyl or cyclic N) is 1. The minimum absolute atomic E-state index is 0.190. The molecule has 1 unspecified atom stereocenters. The molecule has 2 N–H and O–H groups in total. The molecule has 0 radical (unpaired) electrons. The van der Waals surface area contributed by atoms with Crippen LogP contribution in [0.5, 0.6) is 11.5 Å². The molecule has 6 nitrogen and oxygen atoms in total. The summed E-state index contributed by atoms with van der Waals surface area (Å²) in [6.45, 7) is 5.64. The van der Waals surface area contributed by atoms with Gasteiger partial charge in [-0.3, -0.25) is 4.90 Å². The summed E-state index contributed by atoms with van der Waals surface area (Å²) in [4.78, 5) is 4.71. The van der Waals surface area contributed by atoms with Crippen LogP contribution in [0.2, 0.25) is 0 Å². The van der Waals surface area contributed by atoms with Gasteiger partial charge in [-0.2, -0.15) is 0 Å². The molecule has 0 aromatic heterocycles. The summed E-state index contributed by atoms with van der Waals surface area (Å²) in [5.41, 5.74) is 1.12. The lowest BCUT2D eigenvalue weighted by Gasteiger charge is -2.31. The van der Waals surface area contributed by atoms with Crippen molar-refractivity contribution in [2.45, 2.75) is 63.7 Å². The third kappa shape index (κ3) is 7.45. The molecular weight excluding hydrogens is 368 g/mol. The molecule has 164 valence electrons.